The molecule has 1 amide bonds. The molecule has 186 valence electrons. The van der Waals surface area contributed by atoms with Crippen molar-refractivity contribution in [1.82, 2.24) is 19.9 Å². The molecular weight excluding hydrogens is 508 g/mol. The van der Waals surface area contributed by atoms with Gasteiger partial charge in [-0.1, -0.05) is 12.1 Å². The molecule has 0 spiro atoms. The van der Waals surface area contributed by atoms with E-state index in [0.717, 1.165) is 20.5 Å². The Hall–Kier alpha value is -4.14. The second-order valence-corrected chi connectivity index (χ2v) is 9.03. The maximum Gasteiger partial charge on any atom is 0.267 e. The number of ether oxygens (including phenoxy) is 3. The Morgan fingerprint density at radius 2 is 1.86 bits per heavy atom. The molecule has 0 saturated carbocycles. The fraction of sp³-hybridized carbons (Fsp3) is 0.136. The summed E-state index contributed by atoms with van der Waals surface area (Å²) in [6.07, 6.45) is 2.89. The lowest BCUT2D eigenvalue weighted by Crippen LogP contribution is -2.22. The van der Waals surface area contributed by atoms with Gasteiger partial charge in [0, 0.05) is 22.8 Å². The molecule has 2 N–H and O–H groups in total. The molecule has 36 heavy (non-hydrogen) atoms. The smallest absolute Gasteiger partial charge is 0.267 e. The number of nitrogens with zero attached hydrogens (tertiary/aromatic N) is 5. The van der Waals surface area contributed by atoms with E-state index >= 15 is 0 Å². The van der Waals surface area contributed by atoms with Gasteiger partial charge in [0.1, 0.15) is 5.69 Å². The van der Waals surface area contributed by atoms with Gasteiger partial charge in [-0.25, -0.2) is 14.3 Å². The summed E-state index contributed by atoms with van der Waals surface area (Å²) in [5.74, 6) is -0.432. The molecule has 1 atom stereocenters. The first-order chi connectivity index (χ1) is 17.3. The summed E-state index contributed by atoms with van der Waals surface area (Å²) in [5.41, 5.74) is 5.67. The van der Waals surface area contributed by atoms with Crippen LogP contribution in [0.15, 0.2) is 48.8 Å². The van der Waals surface area contributed by atoms with E-state index in [2.05, 4.69) is 19.9 Å². The van der Waals surface area contributed by atoms with Gasteiger partial charge in [0.25, 0.3) is 11.8 Å². The van der Waals surface area contributed by atoms with Crippen molar-refractivity contribution >= 4 is 39.5 Å². The fourth-order valence-corrected chi connectivity index (χ4v) is 4.49. The molecule has 3 heterocycles. The molecule has 0 bridgehead atoms. The van der Waals surface area contributed by atoms with Crippen LogP contribution in [-0.4, -0.2) is 48.8 Å². The average Bonchev–Trinajstić information content (AvgIpc) is 3.30. The van der Waals surface area contributed by atoms with Crippen molar-refractivity contribution in [3.05, 3.63) is 59.4 Å². The number of carbonyl (C=O) groups is 1. The Morgan fingerprint density at radius 3 is 2.47 bits per heavy atom. The highest BCUT2D eigenvalue weighted by molar-refractivity contribution is 7.81. The minimum Gasteiger partial charge on any atom is -0.755 e. The number of hydrogen-bond donors (Lipinski definition) is 1. The van der Waals surface area contributed by atoms with Gasteiger partial charge in [-0.15, -0.1) is 11.3 Å². The third kappa shape index (κ3) is 5.10. The highest BCUT2D eigenvalue weighted by atomic mass is 32.2. The van der Waals surface area contributed by atoms with Crippen molar-refractivity contribution in [3.63, 3.8) is 0 Å². The van der Waals surface area contributed by atoms with Crippen molar-refractivity contribution in [2.45, 2.75) is 6.92 Å². The number of pyridine rings is 1. The number of rotatable bonds is 9. The third-order valence-corrected chi connectivity index (χ3v) is 6.34. The molecule has 12 nitrogen and oxygen atoms in total. The molecule has 1 aromatic carbocycles. The van der Waals surface area contributed by atoms with E-state index in [1.807, 2.05) is 0 Å². The van der Waals surface area contributed by atoms with E-state index in [1.165, 1.54) is 38.7 Å². The summed E-state index contributed by atoms with van der Waals surface area (Å²) in [6, 6.07) is 9.69. The Kier molecular flexibility index (Phi) is 7.38. The summed E-state index contributed by atoms with van der Waals surface area (Å²) < 4.78 is 42.7. The van der Waals surface area contributed by atoms with Gasteiger partial charge in [-0.2, -0.15) is 4.98 Å². The number of primary amides is 1. The van der Waals surface area contributed by atoms with Crippen LogP contribution in [0.3, 0.4) is 0 Å². The number of nitrogens with two attached hydrogens (primary N) is 1. The molecule has 0 aliphatic rings. The molecule has 0 saturated heterocycles. The number of benzene rings is 1. The molecule has 3 aromatic heterocycles. The molecule has 1 unspecified atom stereocenters. The Bertz CT molecular complexity index is 1450. The number of amides is 1. The molecule has 4 rings (SSSR count). The number of aromatic nitrogens is 4. The Balaban J connectivity index is 1.98. The van der Waals surface area contributed by atoms with Crippen LogP contribution in [0, 0.1) is 6.92 Å². The highest BCUT2D eigenvalue weighted by Gasteiger charge is 2.28. The van der Waals surface area contributed by atoms with E-state index in [4.69, 9.17) is 19.9 Å². The van der Waals surface area contributed by atoms with E-state index in [9.17, 15) is 13.6 Å². The number of methoxy groups -OCH3 is 2. The second-order valence-electron chi connectivity index (χ2n) is 7.02. The van der Waals surface area contributed by atoms with Crippen LogP contribution in [0.4, 0.5) is 10.9 Å². The lowest BCUT2D eigenvalue weighted by molar-refractivity contribution is 0.0995. The van der Waals surface area contributed by atoms with Crippen molar-refractivity contribution in [3.8, 4) is 34.5 Å². The minimum atomic E-state index is -2.87. The SMILES string of the molecule is COc1ccccc1Oc1c(OC)nc(-c2ccnc(C(N)=O)c2)nc1N(c1ncc(C)s1)S(=O)[O-]. The summed E-state index contributed by atoms with van der Waals surface area (Å²) >= 11 is -1.73. The predicted molar refractivity (Wildman–Crippen MR) is 131 cm³/mol. The molecule has 14 heteroatoms. The van der Waals surface area contributed by atoms with Gasteiger partial charge in [-0.05, 0) is 31.2 Å². The maximum atomic E-state index is 12.5. The van der Waals surface area contributed by atoms with Crippen molar-refractivity contribution < 1.29 is 27.8 Å². The van der Waals surface area contributed by atoms with Crippen LogP contribution in [0.1, 0.15) is 15.4 Å². The van der Waals surface area contributed by atoms with E-state index in [-0.39, 0.29) is 39.8 Å². The van der Waals surface area contributed by atoms with Gasteiger partial charge >= 0.3 is 0 Å². The number of carbonyl (C=O) groups excluding carboxylic acids is 1. The minimum absolute atomic E-state index is 0.0224. The zero-order valence-electron chi connectivity index (χ0n) is 19.2. The topological polar surface area (TPSA) is 166 Å². The van der Waals surface area contributed by atoms with Crippen LogP contribution in [0.25, 0.3) is 11.4 Å². The summed E-state index contributed by atoms with van der Waals surface area (Å²) in [7, 11) is 2.81. The number of hydrogen-bond acceptors (Lipinski definition) is 11. The fourth-order valence-electron chi connectivity index (χ4n) is 3.09. The van der Waals surface area contributed by atoms with Crippen LogP contribution >= 0.6 is 11.3 Å². The zero-order valence-corrected chi connectivity index (χ0v) is 20.8. The average molecular weight is 528 g/mol. The summed E-state index contributed by atoms with van der Waals surface area (Å²) in [6.45, 7) is 1.79. The van der Waals surface area contributed by atoms with Crippen LogP contribution in [0.2, 0.25) is 0 Å². The second kappa shape index (κ2) is 10.6. The van der Waals surface area contributed by atoms with Gasteiger partial charge in [0.2, 0.25) is 10.9 Å². The quantitative estimate of drug-likeness (QED) is 0.319. The first kappa shape index (κ1) is 25.0. The van der Waals surface area contributed by atoms with Gasteiger partial charge in [0.05, 0.1) is 25.5 Å². The zero-order chi connectivity index (χ0) is 25.8. The van der Waals surface area contributed by atoms with Gasteiger partial charge in [-0.3, -0.25) is 14.0 Å². The standard InChI is InChI=1S/C22H20N6O6S2/c1-12-11-25-22(35-12)28(36(30)31)20-17(34-16-7-5-4-6-15(16)32-2)21(33-3)27-19(26-20)13-8-9-24-14(10-13)18(23)29/h4-11H,1-3H3,(H2,23,29)(H,30,31)/p-1. The van der Waals surface area contributed by atoms with Crippen molar-refractivity contribution in [2.24, 2.45) is 5.73 Å². The molecule has 0 aliphatic heterocycles. The molecular formula is C22H19N6O6S2-. The van der Waals surface area contributed by atoms with E-state index in [0.29, 0.717) is 11.3 Å². The van der Waals surface area contributed by atoms with Crippen LogP contribution in [-0.2, 0) is 11.3 Å². The lowest BCUT2D eigenvalue weighted by Gasteiger charge is -2.25. The molecule has 0 radical (unpaired) electrons. The largest absolute Gasteiger partial charge is 0.755 e. The van der Waals surface area contributed by atoms with Crippen LogP contribution in [0.5, 0.6) is 23.1 Å². The number of aryl methyl sites for hydroxylation is 1. The molecule has 4 aromatic rings. The summed E-state index contributed by atoms with van der Waals surface area (Å²) in [4.78, 5) is 29.4. The highest BCUT2D eigenvalue weighted by Crippen LogP contribution is 2.45. The first-order valence-corrected chi connectivity index (χ1v) is 12.0. The number of para-hydroxylation sites is 2. The summed E-state index contributed by atoms with van der Waals surface area (Å²) in [5, 5.41) is 0.116. The first-order valence-electron chi connectivity index (χ1n) is 10.2. The Labute approximate surface area is 212 Å². The lowest BCUT2D eigenvalue weighted by atomic mass is 10.2. The Morgan fingerprint density at radius 1 is 1.11 bits per heavy atom. The van der Waals surface area contributed by atoms with Crippen LogP contribution < -0.4 is 24.2 Å². The predicted octanol–water partition coefficient (Wildman–Crippen LogP) is 3.14. The molecule has 0 fully saturated rings. The van der Waals surface area contributed by atoms with Gasteiger partial charge < -0.3 is 24.5 Å². The molecule has 0 aliphatic carbocycles. The monoisotopic (exact) mass is 527 g/mol. The normalized spacial score (nSPS) is 11.6. The van der Waals surface area contributed by atoms with Crippen molar-refractivity contribution in [1.29, 1.82) is 0 Å². The number of thiazole rings is 1. The van der Waals surface area contributed by atoms with E-state index in [1.54, 1.807) is 31.2 Å². The van der Waals surface area contributed by atoms with E-state index < -0.39 is 17.2 Å². The maximum absolute atomic E-state index is 12.5. The van der Waals surface area contributed by atoms with Crippen molar-refractivity contribution in [2.75, 3.05) is 18.5 Å². The van der Waals surface area contributed by atoms with Gasteiger partial charge in [0.15, 0.2) is 23.1 Å². The number of anilines is 2. The third-order valence-electron chi connectivity index (χ3n) is 4.69.